The molecule has 3 rings (SSSR count). The molecule has 0 radical (unpaired) electrons. The summed E-state index contributed by atoms with van der Waals surface area (Å²) < 4.78 is 33.8. The predicted octanol–water partition coefficient (Wildman–Crippen LogP) is 3.52. The van der Waals surface area contributed by atoms with Crippen LogP contribution in [0.25, 0.3) is 0 Å². The number of para-hydroxylation sites is 2. The van der Waals surface area contributed by atoms with Crippen molar-refractivity contribution in [3.05, 3.63) is 53.1 Å². The minimum atomic E-state index is -3.49. The van der Waals surface area contributed by atoms with Crippen LogP contribution in [0.1, 0.15) is 23.6 Å². The van der Waals surface area contributed by atoms with E-state index in [-0.39, 0.29) is 0 Å². The van der Waals surface area contributed by atoms with Crippen LogP contribution in [-0.4, -0.2) is 45.5 Å². The number of aryl methyl sites for hydroxylation is 3. The van der Waals surface area contributed by atoms with Gasteiger partial charge in [-0.15, -0.1) is 0 Å². The Morgan fingerprint density at radius 1 is 0.963 bits per heavy atom. The summed E-state index contributed by atoms with van der Waals surface area (Å²) in [4.78, 5) is 2.66. The highest BCUT2D eigenvalue weighted by Gasteiger charge is 2.31. The molecule has 2 aromatic carbocycles. The first-order valence-corrected chi connectivity index (χ1v) is 10.8. The summed E-state index contributed by atoms with van der Waals surface area (Å²) in [5, 5.41) is 0. The highest BCUT2D eigenvalue weighted by atomic mass is 32.2. The predicted molar refractivity (Wildman–Crippen MR) is 109 cm³/mol. The van der Waals surface area contributed by atoms with Crippen molar-refractivity contribution in [2.24, 2.45) is 0 Å². The quantitative estimate of drug-likeness (QED) is 0.786. The van der Waals surface area contributed by atoms with Crippen LogP contribution < -0.4 is 9.64 Å². The fourth-order valence-electron chi connectivity index (χ4n) is 3.87. The maximum Gasteiger partial charge on any atom is 0.243 e. The molecule has 1 heterocycles. The summed E-state index contributed by atoms with van der Waals surface area (Å²) >= 11 is 0. The summed E-state index contributed by atoms with van der Waals surface area (Å²) in [7, 11) is -3.49. The molecule has 0 aromatic heterocycles. The lowest BCUT2D eigenvalue weighted by molar-refractivity contribution is 0.337. The van der Waals surface area contributed by atoms with Crippen LogP contribution in [0.5, 0.6) is 5.75 Å². The number of ether oxygens (including phenoxy) is 1. The maximum absolute atomic E-state index is 13.2. The second kappa shape index (κ2) is 7.90. The van der Waals surface area contributed by atoms with E-state index in [9.17, 15) is 8.42 Å². The molecule has 0 bridgehead atoms. The molecule has 146 valence electrons. The van der Waals surface area contributed by atoms with Crippen molar-refractivity contribution in [2.45, 2.75) is 32.6 Å². The van der Waals surface area contributed by atoms with Gasteiger partial charge in [-0.25, -0.2) is 8.42 Å². The molecule has 0 amide bonds. The van der Waals surface area contributed by atoms with Crippen LogP contribution in [0, 0.1) is 20.8 Å². The summed E-state index contributed by atoms with van der Waals surface area (Å²) in [6, 6.07) is 11.8. The van der Waals surface area contributed by atoms with Gasteiger partial charge in [0.2, 0.25) is 10.0 Å². The third-order valence-electron chi connectivity index (χ3n) is 4.95. The molecule has 6 heteroatoms. The van der Waals surface area contributed by atoms with Gasteiger partial charge in [-0.2, -0.15) is 4.31 Å². The second-order valence-electron chi connectivity index (χ2n) is 7.02. The fourth-order valence-corrected chi connectivity index (χ4v) is 5.70. The number of hydrogen-bond donors (Lipinski definition) is 0. The average molecular weight is 389 g/mol. The maximum atomic E-state index is 13.2. The van der Waals surface area contributed by atoms with Crippen LogP contribution in [0.2, 0.25) is 0 Å². The Labute approximate surface area is 162 Å². The SMILES string of the molecule is CCOc1ccccc1N1CCN(S(=O)(=O)c2c(C)cc(C)cc2C)CC1. The molecular formula is C21H28N2O3S. The number of sulfonamides is 1. The standard InChI is InChI=1S/C21H28N2O3S/c1-5-26-20-9-7-6-8-19(20)22-10-12-23(13-11-22)27(24,25)21-17(3)14-16(2)15-18(21)4/h6-9,14-15H,5,10-13H2,1-4H3. The molecule has 0 aliphatic carbocycles. The largest absolute Gasteiger partial charge is 0.492 e. The third-order valence-corrected chi connectivity index (χ3v) is 7.15. The van der Waals surface area contributed by atoms with Crippen molar-refractivity contribution in [2.75, 3.05) is 37.7 Å². The van der Waals surface area contributed by atoms with Gasteiger partial charge in [0.25, 0.3) is 0 Å². The van der Waals surface area contributed by atoms with E-state index in [1.54, 1.807) is 4.31 Å². The number of hydrogen-bond acceptors (Lipinski definition) is 4. The highest BCUT2D eigenvalue weighted by Crippen LogP contribution is 2.31. The molecular weight excluding hydrogens is 360 g/mol. The molecule has 1 aliphatic rings. The first-order valence-electron chi connectivity index (χ1n) is 9.39. The zero-order valence-electron chi connectivity index (χ0n) is 16.5. The van der Waals surface area contributed by atoms with Gasteiger partial charge in [-0.3, -0.25) is 0 Å². The van der Waals surface area contributed by atoms with Gasteiger partial charge in [0.05, 0.1) is 17.2 Å². The normalized spacial score (nSPS) is 15.8. The molecule has 1 saturated heterocycles. The van der Waals surface area contributed by atoms with Crippen molar-refractivity contribution < 1.29 is 13.2 Å². The summed E-state index contributed by atoms with van der Waals surface area (Å²) in [6.45, 7) is 10.5. The van der Waals surface area contributed by atoms with E-state index in [1.165, 1.54) is 0 Å². The molecule has 0 N–H and O–H groups in total. The van der Waals surface area contributed by atoms with Crippen molar-refractivity contribution in [1.82, 2.24) is 4.31 Å². The van der Waals surface area contributed by atoms with Crippen LogP contribution in [-0.2, 0) is 10.0 Å². The highest BCUT2D eigenvalue weighted by molar-refractivity contribution is 7.89. The number of rotatable bonds is 5. The van der Waals surface area contributed by atoms with Gasteiger partial charge in [0.15, 0.2) is 0 Å². The van der Waals surface area contributed by atoms with Gasteiger partial charge in [-0.05, 0) is 51.0 Å². The summed E-state index contributed by atoms with van der Waals surface area (Å²) in [5.74, 6) is 0.849. The third kappa shape index (κ3) is 3.96. The van der Waals surface area contributed by atoms with Crippen molar-refractivity contribution in [3.63, 3.8) is 0 Å². The fraction of sp³-hybridized carbons (Fsp3) is 0.429. The number of benzene rings is 2. The van der Waals surface area contributed by atoms with E-state index in [2.05, 4.69) is 4.90 Å². The molecule has 0 spiro atoms. The van der Waals surface area contributed by atoms with E-state index in [4.69, 9.17) is 4.74 Å². The average Bonchev–Trinajstić information content (AvgIpc) is 2.61. The molecule has 0 unspecified atom stereocenters. The molecule has 1 aliphatic heterocycles. The van der Waals surface area contributed by atoms with Crippen LogP contribution in [0.15, 0.2) is 41.3 Å². The van der Waals surface area contributed by atoms with Crippen molar-refractivity contribution in [1.29, 1.82) is 0 Å². The number of piperazine rings is 1. The van der Waals surface area contributed by atoms with Crippen molar-refractivity contribution >= 4 is 15.7 Å². The van der Waals surface area contributed by atoms with Crippen molar-refractivity contribution in [3.8, 4) is 5.75 Å². The molecule has 1 fully saturated rings. The number of anilines is 1. The van der Waals surface area contributed by atoms with Crippen LogP contribution >= 0.6 is 0 Å². The van der Waals surface area contributed by atoms with Crippen LogP contribution in [0.4, 0.5) is 5.69 Å². The van der Waals surface area contributed by atoms with Gasteiger partial charge >= 0.3 is 0 Å². The lowest BCUT2D eigenvalue weighted by Gasteiger charge is -2.36. The molecule has 2 aromatic rings. The zero-order valence-corrected chi connectivity index (χ0v) is 17.3. The Balaban J connectivity index is 1.80. The Morgan fingerprint density at radius 2 is 1.56 bits per heavy atom. The van der Waals surface area contributed by atoms with E-state index in [0.29, 0.717) is 37.7 Å². The molecule has 0 atom stereocenters. The van der Waals surface area contributed by atoms with Gasteiger partial charge in [0.1, 0.15) is 5.75 Å². The topological polar surface area (TPSA) is 49.9 Å². The lowest BCUT2D eigenvalue weighted by atomic mass is 10.1. The van der Waals surface area contributed by atoms with E-state index < -0.39 is 10.0 Å². The summed E-state index contributed by atoms with van der Waals surface area (Å²) in [5.41, 5.74) is 3.74. The molecule has 5 nitrogen and oxygen atoms in total. The Bertz CT molecular complexity index is 894. The van der Waals surface area contributed by atoms with Gasteiger partial charge in [-0.1, -0.05) is 29.8 Å². The molecule has 0 saturated carbocycles. The number of nitrogens with zero attached hydrogens (tertiary/aromatic N) is 2. The van der Waals surface area contributed by atoms with Crippen LogP contribution in [0.3, 0.4) is 0 Å². The van der Waals surface area contributed by atoms with E-state index in [0.717, 1.165) is 28.1 Å². The smallest absolute Gasteiger partial charge is 0.243 e. The van der Waals surface area contributed by atoms with Gasteiger partial charge < -0.3 is 9.64 Å². The van der Waals surface area contributed by atoms with Gasteiger partial charge in [0, 0.05) is 26.2 Å². The van der Waals surface area contributed by atoms with E-state index in [1.807, 2.05) is 64.1 Å². The minimum Gasteiger partial charge on any atom is -0.492 e. The monoisotopic (exact) mass is 388 g/mol. The lowest BCUT2D eigenvalue weighted by Crippen LogP contribution is -2.49. The Kier molecular flexibility index (Phi) is 5.77. The zero-order chi connectivity index (χ0) is 19.6. The first kappa shape index (κ1) is 19.7. The Morgan fingerprint density at radius 3 is 2.15 bits per heavy atom. The summed E-state index contributed by atoms with van der Waals surface area (Å²) in [6.07, 6.45) is 0. The second-order valence-corrected chi connectivity index (χ2v) is 8.89. The molecule has 27 heavy (non-hydrogen) atoms. The van der Waals surface area contributed by atoms with E-state index >= 15 is 0 Å². The first-order chi connectivity index (χ1) is 12.8. The Hall–Kier alpha value is -2.05. The minimum absolute atomic E-state index is 0.455.